The van der Waals surface area contributed by atoms with Crippen LogP contribution in [0.2, 0.25) is 0 Å². The molecule has 32 heavy (non-hydrogen) atoms. The quantitative estimate of drug-likeness (QED) is 0.187. The summed E-state index contributed by atoms with van der Waals surface area (Å²) in [5.74, 6) is -3.09. The first-order valence-electron chi connectivity index (χ1n) is 9.37. The van der Waals surface area contributed by atoms with Crippen LogP contribution in [0, 0.1) is 0 Å². The van der Waals surface area contributed by atoms with Crippen LogP contribution >= 0.6 is 11.8 Å². The molecule has 3 heterocycles. The number of nitrogens with zero attached hydrogens (tertiary/aromatic N) is 4. The zero-order valence-corrected chi connectivity index (χ0v) is 17.9. The van der Waals surface area contributed by atoms with Gasteiger partial charge in [0.05, 0.1) is 0 Å². The third-order valence-corrected chi connectivity index (χ3v) is 5.71. The van der Waals surface area contributed by atoms with Crippen LogP contribution < -0.4 is 11.1 Å². The number of aromatic nitrogens is 2. The highest BCUT2D eigenvalue weighted by molar-refractivity contribution is 8.00. The Morgan fingerprint density at radius 2 is 2.19 bits per heavy atom. The van der Waals surface area contributed by atoms with Gasteiger partial charge in [-0.3, -0.25) is 19.3 Å². The number of hydrogen-bond donors (Lipinski definition) is 3. The van der Waals surface area contributed by atoms with Crippen molar-refractivity contribution >= 4 is 47.0 Å². The van der Waals surface area contributed by atoms with Crippen molar-refractivity contribution in [3.63, 3.8) is 0 Å². The van der Waals surface area contributed by atoms with Crippen molar-refractivity contribution in [3.8, 4) is 0 Å². The van der Waals surface area contributed by atoms with Crippen LogP contribution in [0.5, 0.6) is 0 Å². The molecule has 1 aromatic heterocycles. The molecule has 14 heteroatoms. The monoisotopic (exact) mass is 464 g/mol. The third kappa shape index (κ3) is 4.64. The van der Waals surface area contributed by atoms with Crippen molar-refractivity contribution in [1.29, 1.82) is 0 Å². The zero-order valence-electron chi connectivity index (χ0n) is 17.1. The Bertz CT molecular complexity index is 1030. The lowest BCUT2D eigenvalue weighted by atomic mass is 10.0. The number of carboxylic acid groups (broad SMARTS) is 1. The Kier molecular flexibility index (Phi) is 6.92. The molecule has 3 rings (SSSR count). The minimum Gasteiger partial charge on any atom is -0.477 e. The van der Waals surface area contributed by atoms with E-state index in [4.69, 9.17) is 15.3 Å². The van der Waals surface area contributed by atoms with Gasteiger partial charge in [-0.2, -0.15) is 0 Å². The van der Waals surface area contributed by atoms with E-state index in [1.54, 1.807) is 6.92 Å². The van der Waals surface area contributed by atoms with E-state index in [-0.39, 0.29) is 42.0 Å². The van der Waals surface area contributed by atoms with E-state index in [1.165, 1.54) is 30.9 Å². The van der Waals surface area contributed by atoms with Crippen molar-refractivity contribution in [2.45, 2.75) is 25.3 Å². The summed E-state index contributed by atoms with van der Waals surface area (Å²) in [7, 11) is 0. The number of carboxylic acids is 1. The average molecular weight is 464 g/mol. The number of rotatable bonds is 8. The number of nitrogen functional groups attached to an aromatic ring is 1. The summed E-state index contributed by atoms with van der Waals surface area (Å²) in [6.07, 6.45) is 1.34. The van der Waals surface area contributed by atoms with Crippen molar-refractivity contribution in [1.82, 2.24) is 20.2 Å². The van der Waals surface area contributed by atoms with Crippen molar-refractivity contribution in [2.75, 3.05) is 24.7 Å². The predicted octanol–water partition coefficient (Wildman–Crippen LogP) is -0.899. The number of esters is 1. The van der Waals surface area contributed by atoms with Gasteiger partial charge in [0.2, 0.25) is 5.71 Å². The number of carbonyl (C=O) groups excluding carboxylic acids is 3. The molecule has 170 valence electrons. The second-order valence-corrected chi connectivity index (χ2v) is 7.67. The lowest BCUT2D eigenvalue weighted by molar-refractivity contribution is -0.150. The summed E-state index contributed by atoms with van der Waals surface area (Å²) in [6, 6.07) is 0.420. The fourth-order valence-corrected chi connectivity index (χ4v) is 4.32. The molecule has 0 aromatic carbocycles. The minimum atomic E-state index is -1.33. The number of ether oxygens (including phenoxy) is 1. The molecule has 0 radical (unpaired) electrons. The fourth-order valence-electron chi connectivity index (χ4n) is 2.99. The number of thioether (sulfide) groups is 1. The predicted molar refractivity (Wildman–Crippen MR) is 111 cm³/mol. The van der Waals surface area contributed by atoms with E-state index in [0.717, 1.165) is 4.90 Å². The summed E-state index contributed by atoms with van der Waals surface area (Å²) in [6.45, 7) is 2.80. The molecule has 1 fully saturated rings. The average Bonchev–Trinajstić information content (AvgIpc) is 2.75. The second-order valence-electron chi connectivity index (χ2n) is 6.56. The van der Waals surface area contributed by atoms with Gasteiger partial charge in [0.1, 0.15) is 36.1 Å². The highest BCUT2D eigenvalue weighted by Crippen LogP contribution is 2.40. The van der Waals surface area contributed by atoms with Crippen molar-refractivity contribution in [2.24, 2.45) is 5.16 Å². The van der Waals surface area contributed by atoms with Gasteiger partial charge in [-0.25, -0.2) is 14.8 Å². The first-order chi connectivity index (χ1) is 15.2. The number of aliphatic carboxylic acids is 1. The molecule has 2 aliphatic rings. The van der Waals surface area contributed by atoms with Crippen LogP contribution in [0.3, 0.4) is 0 Å². The zero-order chi connectivity index (χ0) is 23.4. The Morgan fingerprint density at radius 1 is 1.44 bits per heavy atom. The lowest BCUT2D eigenvalue weighted by Crippen LogP contribution is -2.71. The van der Waals surface area contributed by atoms with E-state index in [2.05, 4.69) is 20.4 Å². The Hall–Kier alpha value is -3.68. The molecule has 0 saturated carbocycles. The third-order valence-electron chi connectivity index (χ3n) is 4.38. The maximum absolute atomic E-state index is 12.8. The number of nitrogens with one attached hydrogen (secondary N) is 1. The molecule has 2 atom stereocenters. The molecule has 1 saturated heterocycles. The fraction of sp³-hybridized carbons (Fsp3) is 0.389. The number of β-lactam (4-membered cyclic amide) rings is 1. The molecule has 0 unspecified atom stereocenters. The highest BCUT2D eigenvalue weighted by atomic mass is 32.2. The number of fused-ring (bicyclic) bond motifs is 1. The second kappa shape index (κ2) is 9.64. The molecule has 2 amide bonds. The largest absolute Gasteiger partial charge is 0.477 e. The Morgan fingerprint density at radius 3 is 2.81 bits per heavy atom. The van der Waals surface area contributed by atoms with E-state index < -0.39 is 35.2 Å². The lowest BCUT2D eigenvalue weighted by Gasteiger charge is -2.49. The van der Waals surface area contributed by atoms with Gasteiger partial charge in [0.15, 0.2) is 5.82 Å². The van der Waals surface area contributed by atoms with Crippen molar-refractivity contribution in [3.05, 3.63) is 29.4 Å². The molecule has 0 spiro atoms. The van der Waals surface area contributed by atoms with E-state index >= 15 is 0 Å². The van der Waals surface area contributed by atoms with Crippen LogP contribution in [0.25, 0.3) is 0 Å². The maximum atomic E-state index is 12.8. The van der Waals surface area contributed by atoms with E-state index in [1.807, 2.05) is 0 Å². The molecule has 0 aliphatic carbocycles. The molecule has 2 aliphatic heterocycles. The van der Waals surface area contributed by atoms with Gasteiger partial charge in [0, 0.05) is 24.4 Å². The molecule has 13 nitrogen and oxygen atoms in total. The van der Waals surface area contributed by atoms with Gasteiger partial charge in [-0.05, 0) is 13.0 Å². The number of carbonyl (C=O) groups is 4. The molecular formula is C18H20N6O7S. The highest BCUT2D eigenvalue weighted by Gasteiger charge is 2.54. The maximum Gasteiger partial charge on any atom is 0.352 e. The van der Waals surface area contributed by atoms with Gasteiger partial charge >= 0.3 is 11.9 Å². The standard InChI is InChI=1S/C18H20N6O7S/c1-3-31-23-11(14-20-5-4-10(19)21-14)15(26)22-12-16(27)24-13(18(28)29)9(6-30-8(2)25)7-32-17(12)24/h4-5,12,17H,3,6-7H2,1-2H3,(H,22,26)(H,28,29)(H2,19,20,21)/t12-,17-/m1/s1. The number of anilines is 1. The molecule has 0 bridgehead atoms. The summed E-state index contributed by atoms with van der Waals surface area (Å²) in [4.78, 5) is 62.3. The molecular weight excluding hydrogens is 444 g/mol. The SMILES string of the molecule is CCON=C(C(=O)N[C@@H]1C(=O)N2C(C(=O)O)=C(COC(C)=O)CS[C@H]12)c1nccc(N)n1. The van der Waals surface area contributed by atoms with Gasteiger partial charge < -0.3 is 25.7 Å². The van der Waals surface area contributed by atoms with Crippen molar-refractivity contribution < 1.29 is 33.9 Å². The number of oxime groups is 1. The first-order valence-corrected chi connectivity index (χ1v) is 10.4. The van der Waals surface area contributed by atoms with Crippen LogP contribution in [-0.2, 0) is 28.8 Å². The van der Waals surface area contributed by atoms with Gasteiger partial charge in [0.25, 0.3) is 11.8 Å². The van der Waals surface area contributed by atoms with E-state index in [0.29, 0.717) is 5.57 Å². The smallest absolute Gasteiger partial charge is 0.352 e. The molecule has 4 N–H and O–H groups in total. The van der Waals surface area contributed by atoms with Crippen LogP contribution in [-0.4, -0.2) is 79.8 Å². The first kappa shape index (κ1) is 23.0. The van der Waals surface area contributed by atoms with Crippen LogP contribution in [0.15, 0.2) is 28.7 Å². The Labute approximate surface area is 186 Å². The van der Waals surface area contributed by atoms with Crippen LogP contribution in [0.4, 0.5) is 5.82 Å². The topological polar surface area (TPSA) is 186 Å². The van der Waals surface area contributed by atoms with Gasteiger partial charge in [-0.1, -0.05) is 5.16 Å². The summed E-state index contributed by atoms with van der Waals surface area (Å²) < 4.78 is 4.89. The number of hydrogen-bond acceptors (Lipinski definition) is 11. The summed E-state index contributed by atoms with van der Waals surface area (Å²) >= 11 is 1.23. The number of nitrogens with two attached hydrogens (primary N) is 1. The molecule has 1 aromatic rings. The van der Waals surface area contributed by atoms with Crippen LogP contribution in [0.1, 0.15) is 19.7 Å². The normalized spacial score (nSPS) is 20.2. The minimum absolute atomic E-state index is 0.0920. The van der Waals surface area contributed by atoms with E-state index in [9.17, 15) is 24.3 Å². The Balaban J connectivity index is 1.79. The van der Waals surface area contributed by atoms with Gasteiger partial charge in [-0.15, -0.1) is 11.8 Å². The number of amides is 2. The summed E-state index contributed by atoms with van der Waals surface area (Å²) in [5, 5.41) is 15.2. The summed E-state index contributed by atoms with van der Waals surface area (Å²) in [5.41, 5.74) is 5.39.